The minimum Gasteiger partial charge on any atom is -0.480 e. The number of benzene rings is 2. The second-order valence-electron chi connectivity index (χ2n) is 8.88. The predicted octanol–water partition coefficient (Wildman–Crippen LogP) is 6.01. The van der Waals surface area contributed by atoms with Gasteiger partial charge in [0.05, 0.1) is 11.1 Å². The summed E-state index contributed by atoms with van der Waals surface area (Å²) in [5.74, 6) is -3.08. The van der Waals surface area contributed by atoms with Gasteiger partial charge < -0.3 is 20.8 Å². The maximum absolute atomic E-state index is 13.0. The van der Waals surface area contributed by atoms with Gasteiger partial charge in [0.2, 0.25) is 0 Å². The van der Waals surface area contributed by atoms with E-state index in [-0.39, 0.29) is 0 Å². The molecular formula is C28H36N2O6S2. The number of unbranched alkanes of at least 4 members (excludes halogenated alkanes) is 4. The van der Waals surface area contributed by atoms with Gasteiger partial charge in [-0.3, -0.25) is 9.59 Å². The first kappa shape index (κ1) is 31.2. The Hall–Kier alpha value is -2.98. The van der Waals surface area contributed by atoms with E-state index in [0.29, 0.717) is 46.6 Å². The van der Waals surface area contributed by atoms with Crippen LogP contribution in [0.2, 0.25) is 0 Å². The number of carboxylic acid groups (broad SMARTS) is 2. The third-order valence-electron chi connectivity index (χ3n) is 5.88. The summed E-state index contributed by atoms with van der Waals surface area (Å²) in [6.45, 7) is 4.05. The number of amides is 2. The normalized spacial score (nSPS) is 12.4. The van der Waals surface area contributed by atoms with Crippen LogP contribution >= 0.6 is 21.6 Å². The molecule has 0 heterocycles. The Kier molecular flexibility index (Phi) is 13.8. The van der Waals surface area contributed by atoms with Crippen molar-refractivity contribution in [3.05, 3.63) is 59.7 Å². The molecule has 2 unspecified atom stereocenters. The van der Waals surface area contributed by atoms with Gasteiger partial charge in [-0.1, -0.05) is 98.2 Å². The number of nitrogens with one attached hydrogen (secondary N) is 2. The average molecular weight is 561 g/mol. The van der Waals surface area contributed by atoms with Crippen LogP contribution in [-0.2, 0) is 9.59 Å². The number of hydrogen-bond donors (Lipinski definition) is 4. The number of carbonyl (C=O) groups excluding carboxylic acids is 2. The summed E-state index contributed by atoms with van der Waals surface area (Å²) in [7, 11) is 2.54. The van der Waals surface area contributed by atoms with Gasteiger partial charge in [-0.25, -0.2) is 9.59 Å². The van der Waals surface area contributed by atoms with Crippen LogP contribution in [-0.4, -0.2) is 46.0 Å². The SMILES string of the molecule is CCCCCC(NC(=O)c1ccccc1SSc1ccccc1C(=O)NC(CCCCC)C(=O)O)C(=O)O. The number of aliphatic carboxylic acids is 2. The Balaban J connectivity index is 2.13. The number of rotatable bonds is 17. The molecule has 8 nitrogen and oxygen atoms in total. The zero-order chi connectivity index (χ0) is 27.9. The van der Waals surface area contributed by atoms with Gasteiger partial charge in [0.1, 0.15) is 12.1 Å². The van der Waals surface area contributed by atoms with Gasteiger partial charge in [-0.05, 0) is 37.1 Å². The van der Waals surface area contributed by atoms with Gasteiger partial charge in [-0.15, -0.1) is 0 Å². The molecule has 38 heavy (non-hydrogen) atoms. The topological polar surface area (TPSA) is 133 Å². The molecule has 206 valence electrons. The molecule has 0 spiro atoms. The fraction of sp³-hybridized carbons (Fsp3) is 0.429. The van der Waals surface area contributed by atoms with Gasteiger partial charge in [0.25, 0.3) is 11.8 Å². The predicted molar refractivity (Wildman–Crippen MR) is 151 cm³/mol. The molecule has 2 aromatic rings. The first-order valence-corrected chi connectivity index (χ1v) is 15.0. The minimum absolute atomic E-state index is 0.343. The molecule has 0 bridgehead atoms. The second-order valence-corrected chi connectivity index (χ2v) is 11.1. The minimum atomic E-state index is -1.07. The summed E-state index contributed by atoms with van der Waals surface area (Å²) in [6, 6.07) is 11.8. The summed E-state index contributed by atoms with van der Waals surface area (Å²) in [4.78, 5) is 50.5. The molecule has 0 saturated heterocycles. The maximum atomic E-state index is 13.0. The molecule has 0 aliphatic carbocycles. The largest absolute Gasteiger partial charge is 0.480 e. The van der Waals surface area contributed by atoms with E-state index in [1.807, 2.05) is 13.8 Å². The molecule has 10 heteroatoms. The Labute approximate surface area is 231 Å². The molecule has 2 aromatic carbocycles. The second kappa shape index (κ2) is 16.8. The summed E-state index contributed by atoms with van der Waals surface area (Å²) < 4.78 is 0. The van der Waals surface area contributed by atoms with Crippen molar-refractivity contribution in [2.24, 2.45) is 0 Å². The lowest BCUT2D eigenvalue weighted by Crippen LogP contribution is -2.41. The van der Waals surface area contributed by atoms with Crippen LogP contribution in [0.3, 0.4) is 0 Å². The standard InChI is InChI=1S/C28H36N2O6S2/c1-3-5-7-15-21(27(33)34)29-25(31)19-13-9-11-17-23(19)37-38-24-18-12-10-14-20(24)26(32)30-22(28(35)36)16-8-6-4-2/h9-14,17-18,21-22H,3-8,15-16H2,1-2H3,(H,29,31)(H,30,32)(H,33,34)(H,35,36). The fourth-order valence-corrected chi connectivity index (χ4v) is 6.09. The Bertz CT molecular complexity index is 1010. The third-order valence-corrected chi connectivity index (χ3v) is 8.37. The molecule has 0 aliphatic heterocycles. The molecule has 0 radical (unpaired) electrons. The number of hydrogen-bond acceptors (Lipinski definition) is 6. The zero-order valence-electron chi connectivity index (χ0n) is 21.8. The molecule has 0 fully saturated rings. The average Bonchev–Trinajstić information content (AvgIpc) is 2.91. The Morgan fingerprint density at radius 1 is 0.658 bits per heavy atom. The molecule has 2 rings (SSSR count). The van der Waals surface area contributed by atoms with Crippen LogP contribution in [0.4, 0.5) is 0 Å². The van der Waals surface area contributed by atoms with Gasteiger partial charge >= 0.3 is 11.9 Å². The van der Waals surface area contributed by atoms with Crippen molar-refractivity contribution in [3.63, 3.8) is 0 Å². The van der Waals surface area contributed by atoms with Crippen molar-refractivity contribution in [1.29, 1.82) is 0 Å². The lowest BCUT2D eigenvalue weighted by Gasteiger charge is -2.17. The summed E-state index contributed by atoms with van der Waals surface area (Å²) in [5, 5.41) is 24.3. The molecule has 2 atom stereocenters. The van der Waals surface area contributed by atoms with Crippen molar-refractivity contribution in [1.82, 2.24) is 10.6 Å². The number of carboxylic acids is 2. The van der Waals surface area contributed by atoms with Crippen LogP contribution in [0.15, 0.2) is 58.3 Å². The smallest absolute Gasteiger partial charge is 0.326 e. The lowest BCUT2D eigenvalue weighted by molar-refractivity contribution is -0.140. The molecule has 0 aromatic heterocycles. The van der Waals surface area contributed by atoms with Crippen molar-refractivity contribution in [2.45, 2.75) is 87.1 Å². The summed E-state index contributed by atoms with van der Waals surface area (Å²) in [6.07, 6.45) is 5.82. The van der Waals surface area contributed by atoms with E-state index >= 15 is 0 Å². The molecule has 0 saturated carbocycles. The summed E-state index contributed by atoms with van der Waals surface area (Å²) >= 11 is 0. The maximum Gasteiger partial charge on any atom is 0.326 e. The molecule has 0 aliphatic rings. The Morgan fingerprint density at radius 3 is 1.37 bits per heavy atom. The fourth-order valence-electron chi connectivity index (χ4n) is 3.73. The van der Waals surface area contributed by atoms with Gasteiger partial charge in [-0.2, -0.15) is 0 Å². The highest BCUT2D eigenvalue weighted by atomic mass is 33.1. The van der Waals surface area contributed by atoms with E-state index in [2.05, 4.69) is 10.6 Å². The van der Waals surface area contributed by atoms with E-state index < -0.39 is 35.8 Å². The highest BCUT2D eigenvalue weighted by Crippen LogP contribution is 2.40. The quantitative estimate of drug-likeness (QED) is 0.137. The van der Waals surface area contributed by atoms with E-state index in [0.717, 1.165) is 25.7 Å². The van der Waals surface area contributed by atoms with Crippen LogP contribution in [0.25, 0.3) is 0 Å². The number of carbonyl (C=O) groups is 4. The molecule has 4 N–H and O–H groups in total. The van der Waals surface area contributed by atoms with Crippen LogP contribution in [0.5, 0.6) is 0 Å². The highest BCUT2D eigenvalue weighted by molar-refractivity contribution is 8.76. The molecular weight excluding hydrogens is 524 g/mol. The van der Waals surface area contributed by atoms with Crippen molar-refractivity contribution >= 4 is 45.3 Å². The third kappa shape index (κ3) is 10.1. The first-order valence-electron chi connectivity index (χ1n) is 12.9. The van der Waals surface area contributed by atoms with Crippen molar-refractivity contribution in [3.8, 4) is 0 Å². The van der Waals surface area contributed by atoms with Gasteiger partial charge in [0, 0.05) is 9.79 Å². The van der Waals surface area contributed by atoms with Crippen LogP contribution in [0, 0.1) is 0 Å². The monoisotopic (exact) mass is 560 g/mol. The zero-order valence-corrected chi connectivity index (χ0v) is 23.4. The molecule has 2 amide bonds. The van der Waals surface area contributed by atoms with E-state index in [9.17, 15) is 29.4 Å². The van der Waals surface area contributed by atoms with Crippen LogP contribution < -0.4 is 10.6 Å². The van der Waals surface area contributed by atoms with Crippen molar-refractivity contribution in [2.75, 3.05) is 0 Å². The lowest BCUT2D eigenvalue weighted by atomic mass is 10.1. The first-order chi connectivity index (χ1) is 18.3. The summed E-state index contributed by atoms with van der Waals surface area (Å²) in [5.41, 5.74) is 0.686. The van der Waals surface area contributed by atoms with E-state index in [1.54, 1.807) is 48.5 Å². The van der Waals surface area contributed by atoms with Crippen molar-refractivity contribution < 1.29 is 29.4 Å². The van der Waals surface area contributed by atoms with Crippen LogP contribution in [0.1, 0.15) is 85.9 Å². The Morgan fingerprint density at radius 2 is 1.03 bits per heavy atom. The van der Waals surface area contributed by atoms with E-state index in [4.69, 9.17) is 0 Å². The van der Waals surface area contributed by atoms with E-state index in [1.165, 1.54) is 21.6 Å². The highest BCUT2D eigenvalue weighted by Gasteiger charge is 2.24. The van der Waals surface area contributed by atoms with Gasteiger partial charge in [0.15, 0.2) is 0 Å².